The summed E-state index contributed by atoms with van der Waals surface area (Å²) >= 11 is 0. The highest BCUT2D eigenvalue weighted by molar-refractivity contribution is 5.60. The monoisotopic (exact) mass is 530 g/mol. The summed E-state index contributed by atoms with van der Waals surface area (Å²) in [5, 5.41) is 15.5. The van der Waals surface area contributed by atoms with Crippen molar-refractivity contribution < 1.29 is 18.2 Å². The molecule has 4 aromatic rings. The van der Waals surface area contributed by atoms with Gasteiger partial charge in [0.2, 0.25) is 5.82 Å². The first-order valence-corrected chi connectivity index (χ1v) is 12.6. The number of hydrogen-bond donors (Lipinski definition) is 2. The maximum Gasteiger partial charge on any atom is 0.417 e. The molecular weight excluding hydrogens is 503 g/mol. The quantitative estimate of drug-likeness (QED) is 0.314. The number of benzene rings is 2. The number of hydrogen-bond acceptors (Lipinski definition) is 6. The lowest BCUT2D eigenvalue weighted by molar-refractivity contribution is -0.353. The molecule has 5 rings (SSSR count). The van der Waals surface area contributed by atoms with E-state index >= 15 is 0 Å². The number of H-pyrrole nitrogens is 1. The number of alkyl halides is 3. The second-order valence-electron chi connectivity index (χ2n) is 9.27. The van der Waals surface area contributed by atoms with Crippen LogP contribution in [0.5, 0.6) is 0 Å². The highest BCUT2D eigenvalue weighted by Crippen LogP contribution is 2.36. The third-order valence-electron chi connectivity index (χ3n) is 6.55. The fourth-order valence-electron chi connectivity index (χ4n) is 4.66. The van der Waals surface area contributed by atoms with Crippen molar-refractivity contribution in [1.82, 2.24) is 14.9 Å². The Morgan fingerprint density at radius 3 is 2.49 bits per heavy atom. The van der Waals surface area contributed by atoms with Gasteiger partial charge in [0.15, 0.2) is 0 Å². The molecular formula is C29H27F3N7+. The van der Waals surface area contributed by atoms with Gasteiger partial charge in [0.25, 0.3) is 5.82 Å². The van der Waals surface area contributed by atoms with Crippen LogP contribution in [-0.4, -0.2) is 34.5 Å². The van der Waals surface area contributed by atoms with Crippen LogP contribution in [0.15, 0.2) is 72.9 Å². The minimum atomic E-state index is -4.51. The SMILES string of the molecule is N#Cc1ccc(NCCNc2[nH+]c(-c3ccccc3C(F)(F)F)nc3c2CCN(Cc2ccccc2)C3)nc1. The van der Waals surface area contributed by atoms with E-state index in [1.165, 1.54) is 23.9 Å². The second-order valence-corrected chi connectivity index (χ2v) is 9.27. The predicted octanol–water partition coefficient (Wildman–Crippen LogP) is 4.93. The summed E-state index contributed by atoms with van der Waals surface area (Å²) in [6.45, 7) is 3.07. The molecule has 0 aliphatic carbocycles. The van der Waals surface area contributed by atoms with Crippen molar-refractivity contribution in [3.8, 4) is 17.5 Å². The van der Waals surface area contributed by atoms with Crippen molar-refractivity contribution in [2.24, 2.45) is 0 Å². The van der Waals surface area contributed by atoms with Gasteiger partial charge in [-0.25, -0.2) is 9.97 Å². The molecule has 0 saturated carbocycles. The second kappa shape index (κ2) is 11.5. The van der Waals surface area contributed by atoms with Gasteiger partial charge in [-0.3, -0.25) is 4.90 Å². The standard InChI is InChI=1S/C29H26F3N7/c30-29(31,32)24-9-5-4-8-22(24)28-37-25-19-39(18-20-6-2-1-3-7-20)15-12-23(25)27(38-28)35-14-13-34-26-11-10-21(16-33)17-36-26/h1-11,17H,12-15,18-19H2,(H,34,36)(H,35,37,38)/p+1. The number of nitrogens with zero attached hydrogens (tertiary/aromatic N) is 4. The molecule has 2 aromatic heterocycles. The highest BCUT2D eigenvalue weighted by Gasteiger charge is 2.36. The Kier molecular flexibility index (Phi) is 7.70. The number of nitrogens with one attached hydrogen (secondary N) is 3. The van der Waals surface area contributed by atoms with E-state index in [1.54, 1.807) is 18.2 Å². The van der Waals surface area contributed by atoms with E-state index in [4.69, 9.17) is 10.2 Å². The molecule has 2 aromatic carbocycles. The Morgan fingerprint density at radius 1 is 0.974 bits per heavy atom. The third kappa shape index (κ3) is 6.33. The van der Waals surface area contributed by atoms with E-state index in [0.717, 1.165) is 30.4 Å². The van der Waals surface area contributed by atoms with Crippen LogP contribution in [-0.2, 0) is 25.7 Å². The molecule has 0 saturated heterocycles. The van der Waals surface area contributed by atoms with Crippen molar-refractivity contribution in [1.29, 1.82) is 5.26 Å². The lowest BCUT2D eigenvalue weighted by Gasteiger charge is -2.27. The molecule has 1 aliphatic heterocycles. The van der Waals surface area contributed by atoms with Crippen molar-refractivity contribution >= 4 is 11.6 Å². The predicted molar refractivity (Wildman–Crippen MR) is 141 cm³/mol. The number of pyridine rings is 1. The van der Waals surface area contributed by atoms with Crippen molar-refractivity contribution in [2.75, 3.05) is 30.3 Å². The largest absolute Gasteiger partial charge is 0.417 e. The van der Waals surface area contributed by atoms with Crippen molar-refractivity contribution in [2.45, 2.75) is 25.7 Å². The average molecular weight is 531 g/mol. The molecule has 39 heavy (non-hydrogen) atoms. The summed E-state index contributed by atoms with van der Waals surface area (Å²) in [5.41, 5.74) is 2.66. The zero-order valence-corrected chi connectivity index (χ0v) is 21.1. The van der Waals surface area contributed by atoms with Gasteiger partial charge in [-0.05, 0) is 36.2 Å². The van der Waals surface area contributed by atoms with Crippen LogP contribution in [0.3, 0.4) is 0 Å². The van der Waals surface area contributed by atoms with Crippen LogP contribution < -0.4 is 15.6 Å². The maximum atomic E-state index is 13.8. The van der Waals surface area contributed by atoms with Gasteiger partial charge in [0.1, 0.15) is 17.6 Å². The van der Waals surface area contributed by atoms with Gasteiger partial charge in [0, 0.05) is 25.8 Å². The van der Waals surface area contributed by atoms with Crippen LogP contribution in [0, 0.1) is 11.3 Å². The normalized spacial score (nSPS) is 13.4. The molecule has 7 nitrogen and oxygen atoms in total. The molecule has 0 amide bonds. The molecule has 0 spiro atoms. The van der Waals surface area contributed by atoms with E-state index in [-0.39, 0.29) is 11.4 Å². The van der Waals surface area contributed by atoms with Gasteiger partial charge in [-0.15, -0.1) is 4.98 Å². The minimum Gasteiger partial charge on any atom is -0.367 e. The Balaban J connectivity index is 1.40. The highest BCUT2D eigenvalue weighted by atomic mass is 19.4. The van der Waals surface area contributed by atoms with Gasteiger partial charge >= 0.3 is 6.18 Å². The summed E-state index contributed by atoms with van der Waals surface area (Å²) in [7, 11) is 0. The Hall–Kier alpha value is -4.49. The number of fused-ring (bicyclic) bond motifs is 1. The smallest absolute Gasteiger partial charge is 0.367 e. The summed E-state index contributed by atoms with van der Waals surface area (Å²) in [6.07, 6.45) is -2.30. The zero-order chi connectivity index (χ0) is 27.2. The number of rotatable bonds is 8. The van der Waals surface area contributed by atoms with E-state index in [1.807, 2.05) is 24.3 Å². The lowest BCUT2D eigenvalue weighted by atomic mass is 10.0. The van der Waals surface area contributed by atoms with Gasteiger partial charge < -0.3 is 10.6 Å². The van der Waals surface area contributed by atoms with Crippen LogP contribution >= 0.6 is 0 Å². The number of halogens is 3. The van der Waals surface area contributed by atoms with Gasteiger partial charge in [-0.1, -0.05) is 42.5 Å². The molecule has 0 bridgehead atoms. The first-order valence-electron chi connectivity index (χ1n) is 12.6. The molecule has 10 heteroatoms. The van der Waals surface area contributed by atoms with E-state index < -0.39 is 11.7 Å². The Morgan fingerprint density at radius 2 is 1.74 bits per heavy atom. The third-order valence-corrected chi connectivity index (χ3v) is 6.55. The Bertz CT molecular complexity index is 1470. The first kappa shape index (κ1) is 26.1. The number of nitriles is 1. The topological polar surface area (TPSA) is 91.0 Å². The van der Waals surface area contributed by atoms with Crippen molar-refractivity contribution in [3.63, 3.8) is 0 Å². The van der Waals surface area contributed by atoms with Crippen molar-refractivity contribution in [3.05, 3.63) is 101 Å². The molecule has 198 valence electrons. The zero-order valence-electron chi connectivity index (χ0n) is 21.1. The summed E-state index contributed by atoms with van der Waals surface area (Å²) in [4.78, 5) is 14.3. The molecule has 0 fully saturated rings. The number of anilines is 2. The summed E-state index contributed by atoms with van der Waals surface area (Å²) < 4.78 is 41.5. The first-order chi connectivity index (χ1) is 18.9. The number of aromatic amines is 1. The van der Waals surface area contributed by atoms with E-state index in [2.05, 4.69) is 37.6 Å². The lowest BCUT2D eigenvalue weighted by Crippen LogP contribution is -2.34. The summed E-state index contributed by atoms with van der Waals surface area (Å²) in [5.74, 6) is 1.47. The summed E-state index contributed by atoms with van der Waals surface area (Å²) in [6, 6.07) is 21.0. The average Bonchev–Trinajstić information content (AvgIpc) is 2.95. The molecule has 0 radical (unpaired) electrons. The van der Waals surface area contributed by atoms with E-state index in [0.29, 0.717) is 43.3 Å². The van der Waals surface area contributed by atoms with Crippen LogP contribution in [0.2, 0.25) is 0 Å². The van der Waals surface area contributed by atoms with Gasteiger partial charge in [0.05, 0.1) is 35.3 Å². The van der Waals surface area contributed by atoms with E-state index in [9.17, 15) is 13.2 Å². The minimum absolute atomic E-state index is 0.0101. The Labute approximate surface area is 224 Å². The van der Waals surface area contributed by atoms with Crippen LogP contribution in [0.4, 0.5) is 24.8 Å². The molecule has 0 atom stereocenters. The van der Waals surface area contributed by atoms with Crippen LogP contribution in [0.25, 0.3) is 11.4 Å². The van der Waals surface area contributed by atoms with Gasteiger partial charge in [-0.2, -0.15) is 18.4 Å². The molecule has 3 heterocycles. The molecule has 3 N–H and O–H groups in total. The fourth-order valence-corrected chi connectivity index (χ4v) is 4.66. The van der Waals surface area contributed by atoms with Crippen LogP contribution in [0.1, 0.15) is 27.9 Å². The molecule has 0 unspecified atom stereocenters. The maximum absolute atomic E-state index is 13.8. The fraction of sp³-hybridized carbons (Fsp3) is 0.241. The molecule has 1 aliphatic rings. The number of aromatic nitrogens is 3.